The summed E-state index contributed by atoms with van der Waals surface area (Å²) < 4.78 is 7.84. The second-order valence-electron chi connectivity index (χ2n) is 8.62. The molecule has 1 aromatic heterocycles. The van der Waals surface area contributed by atoms with Crippen molar-refractivity contribution in [1.29, 1.82) is 0 Å². The van der Waals surface area contributed by atoms with Crippen LogP contribution in [0.4, 0.5) is 0 Å². The van der Waals surface area contributed by atoms with Gasteiger partial charge >= 0.3 is 0 Å². The third-order valence-electron chi connectivity index (χ3n) is 5.87. The Kier molecular flexibility index (Phi) is 10.1. The summed E-state index contributed by atoms with van der Waals surface area (Å²) in [5.41, 5.74) is 2.08. The van der Waals surface area contributed by atoms with Crippen molar-refractivity contribution < 1.29 is 9.53 Å². The van der Waals surface area contributed by atoms with Crippen LogP contribution in [0.5, 0.6) is 5.75 Å². The van der Waals surface area contributed by atoms with E-state index in [-0.39, 0.29) is 18.6 Å². The quantitative estimate of drug-likeness (QED) is 0.256. The smallest absolute Gasteiger partial charge is 0.258 e. The number of aromatic nitrogens is 2. The normalized spacial score (nSPS) is 12.1. The lowest BCUT2D eigenvalue weighted by molar-refractivity contribution is -0.123. The van der Waals surface area contributed by atoms with Gasteiger partial charge in [0.1, 0.15) is 11.6 Å². The standard InChI is InChI=1S/C27H36ClN3O2/c1-3-4-5-6-7-8-9-12-19-31-25-14-11-10-13-24(25)30-27(31)21(2)29-26(32)20-33-23-17-15-22(28)16-18-23/h10-11,13-18,21H,3-9,12,19-20H2,1-2H3,(H,29,32). The van der Waals surface area contributed by atoms with Crippen molar-refractivity contribution in [3.05, 3.63) is 59.4 Å². The number of unbranched alkanes of at least 4 members (excludes halogenated alkanes) is 7. The number of para-hydroxylation sites is 2. The highest BCUT2D eigenvalue weighted by atomic mass is 35.5. The number of carbonyl (C=O) groups excluding carboxylic acids is 1. The third-order valence-corrected chi connectivity index (χ3v) is 6.12. The Morgan fingerprint density at radius 1 is 1.00 bits per heavy atom. The summed E-state index contributed by atoms with van der Waals surface area (Å²) >= 11 is 5.89. The molecule has 178 valence electrons. The molecule has 0 saturated heterocycles. The molecule has 2 aromatic carbocycles. The van der Waals surface area contributed by atoms with Crippen LogP contribution in [0.2, 0.25) is 5.02 Å². The van der Waals surface area contributed by atoms with Gasteiger partial charge in [-0.05, 0) is 49.7 Å². The van der Waals surface area contributed by atoms with Gasteiger partial charge in [0.05, 0.1) is 17.1 Å². The predicted octanol–water partition coefficient (Wildman–Crippen LogP) is 7.09. The Balaban J connectivity index is 1.55. The van der Waals surface area contributed by atoms with Crippen molar-refractivity contribution in [1.82, 2.24) is 14.9 Å². The van der Waals surface area contributed by atoms with Gasteiger partial charge in [-0.25, -0.2) is 4.98 Å². The van der Waals surface area contributed by atoms with Gasteiger partial charge in [-0.3, -0.25) is 4.79 Å². The highest BCUT2D eigenvalue weighted by Gasteiger charge is 2.18. The molecule has 1 atom stereocenters. The molecule has 6 heteroatoms. The summed E-state index contributed by atoms with van der Waals surface area (Å²) in [6.07, 6.45) is 10.3. The first kappa shape index (κ1) is 25.1. The number of imidazole rings is 1. The zero-order valence-corrected chi connectivity index (χ0v) is 20.6. The lowest BCUT2D eigenvalue weighted by atomic mass is 10.1. The number of halogens is 1. The number of hydrogen-bond acceptors (Lipinski definition) is 3. The van der Waals surface area contributed by atoms with Crippen LogP contribution in [0.3, 0.4) is 0 Å². The van der Waals surface area contributed by atoms with Crippen LogP contribution in [-0.2, 0) is 11.3 Å². The van der Waals surface area contributed by atoms with Crippen LogP contribution in [0.1, 0.15) is 77.1 Å². The topological polar surface area (TPSA) is 56.2 Å². The Morgan fingerprint density at radius 2 is 1.67 bits per heavy atom. The van der Waals surface area contributed by atoms with Gasteiger partial charge in [0.2, 0.25) is 0 Å². The average molecular weight is 470 g/mol. The number of ether oxygens (including phenoxy) is 1. The molecule has 5 nitrogen and oxygen atoms in total. The molecule has 0 aliphatic heterocycles. The maximum atomic E-state index is 12.5. The Labute approximate surface area is 202 Å². The predicted molar refractivity (Wildman–Crippen MR) is 136 cm³/mol. The number of nitrogens with zero attached hydrogens (tertiary/aromatic N) is 2. The Morgan fingerprint density at radius 3 is 2.39 bits per heavy atom. The van der Waals surface area contributed by atoms with Crippen LogP contribution in [0.25, 0.3) is 11.0 Å². The second-order valence-corrected chi connectivity index (χ2v) is 9.05. The van der Waals surface area contributed by atoms with E-state index in [9.17, 15) is 4.79 Å². The van der Waals surface area contributed by atoms with Crippen LogP contribution < -0.4 is 10.1 Å². The first-order valence-corrected chi connectivity index (χ1v) is 12.6. The Bertz CT molecular complexity index is 1000. The first-order valence-electron chi connectivity index (χ1n) is 12.2. The van der Waals surface area contributed by atoms with Crippen molar-refractivity contribution >= 4 is 28.5 Å². The van der Waals surface area contributed by atoms with Crippen molar-refractivity contribution in [3.63, 3.8) is 0 Å². The molecule has 0 radical (unpaired) electrons. The van der Waals surface area contributed by atoms with Crippen LogP contribution in [0.15, 0.2) is 48.5 Å². The van der Waals surface area contributed by atoms with Gasteiger partial charge in [-0.2, -0.15) is 0 Å². The summed E-state index contributed by atoms with van der Waals surface area (Å²) in [5, 5.41) is 3.67. The van der Waals surface area contributed by atoms with E-state index >= 15 is 0 Å². The van der Waals surface area contributed by atoms with Gasteiger partial charge in [0.15, 0.2) is 6.61 Å². The monoisotopic (exact) mass is 469 g/mol. The molecule has 3 aromatic rings. The minimum atomic E-state index is -0.215. The number of aryl methyl sites for hydroxylation is 1. The van der Waals surface area contributed by atoms with Gasteiger partial charge in [-0.1, -0.05) is 75.6 Å². The molecule has 0 fully saturated rings. The van der Waals surface area contributed by atoms with Gasteiger partial charge in [0.25, 0.3) is 5.91 Å². The lowest BCUT2D eigenvalue weighted by Gasteiger charge is -2.17. The summed E-state index contributed by atoms with van der Waals surface area (Å²) in [6.45, 7) is 5.09. The highest BCUT2D eigenvalue weighted by molar-refractivity contribution is 6.30. The minimum Gasteiger partial charge on any atom is -0.484 e. The van der Waals surface area contributed by atoms with Crippen LogP contribution in [-0.4, -0.2) is 22.1 Å². The molecular weight excluding hydrogens is 434 g/mol. The van der Waals surface area contributed by atoms with Gasteiger partial charge in [-0.15, -0.1) is 0 Å². The van der Waals surface area contributed by atoms with Gasteiger partial charge in [0, 0.05) is 11.6 Å². The first-order chi connectivity index (χ1) is 16.1. The van der Waals surface area contributed by atoms with E-state index in [1.807, 2.05) is 25.1 Å². The number of amides is 1. The average Bonchev–Trinajstić information content (AvgIpc) is 3.19. The van der Waals surface area contributed by atoms with Crippen molar-refractivity contribution in [2.75, 3.05) is 6.61 Å². The zero-order valence-electron chi connectivity index (χ0n) is 19.9. The number of benzene rings is 2. The van der Waals surface area contributed by atoms with Gasteiger partial charge < -0.3 is 14.6 Å². The fraction of sp³-hybridized carbons (Fsp3) is 0.481. The van der Waals surface area contributed by atoms with Crippen LogP contribution >= 0.6 is 11.6 Å². The molecule has 1 amide bonds. The van der Waals surface area contributed by atoms with E-state index < -0.39 is 0 Å². The van der Waals surface area contributed by atoms with E-state index in [2.05, 4.69) is 22.9 Å². The minimum absolute atomic E-state index is 0.0514. The fourth-order valence-corrected chi connectivity index (χ4v) is 4.22. The molecule has 3 rings (SSSR count). The number of rotatable bonds is 14. The number of hydrogen-bond donors (Lipinski definition) is 1. The molecule has 0 aliphatic carbocycles. The molecular formula is C27H36ClN3O2. The largest absolute Gasteiger partial charge is 0.484 e. The summed E-state index contributed by atoms with van der Waals surface area (Å²) in [6, 6.07) is 15.0. The third kappa shape index (κ3) is 7.78. The maximum Gasteiger partial charge on any atom is 0.258 e. The van der Waals surface area contributed by atoms with Crippen LogP contribution in [0, 0.1) is 0 Å². The van der Waals surface area contributed by atoms with E-state index in [4.69, 9.17) is 21.3 Å². The molecule has 0 spiro atoms. The van der Waals surface area contributed by atoms with E-state index in [0.717, 1.165) is 29.8 Å². The van der Waals surface area contributed by atoms with E-state index in [1.165, 1.54) is 44.9 Å². The van der Waals surface area contributed by atoms with Crippen molar-refractivity contribution in [2.45, 2.75) is 77.8 Å². The summed E-state index contributed by atoms with van der Waals surface area (Å²) in [7, 11) is 0. The molecule has 0 bridgehead atoms. The SMILES string of the molecule is CCCCCCCCCCn1c(C(C)NC(=O)COc2ccc(Cl)cc2)nc2ccccc21. The zero-order chi connectivity index (χ0) is 23.5. The maximum absolute atomic E-state index is 12.5. The molecule has 1 unspecified atom stereocenters. The number of carbonyl (C=O) groups is 1. The van der Waals surface area contributed by atoms with E-state index in [1.54, 1.807) is 24.3 Å². The fourth-order valence-electron chi connectivity index (χ4n) is 4.09. The van der Waals surface area contributed by atoms with E-state index in [0.29, 0.717) is 10.8 Å². The van der Waals surface area contributed by atoms with Crippen molar-refractivity contribution in [2.24, 2.45) is 0 Å². The highest BCUT2D eigenvalue weighted by Crippen LogP contribution is 2.22. The molecule has 1 heterocycles. The molecule has 1 N–H and O–H groups in total. The Hall–Kier alpha value is -2.53. The molecule has 0 aliphatic rings. The molecule has 0 saturated carbocycles. The van der Waals surface area contributed by atoms with Crippen molar-refractivity contribution in [3.8, 4) is 5.75 Å². The lowest BCUT2D eigenvalue weighted by Crippen LogP contribution is -2.32. The molecule has 33 heavy (non-hydrogen) atoms. The number of nitrogens with one attached hydrogen (secondary N) is 1. The summed E-state index contributed by atoms with van der Waals surface area (Å²) in [4.78, 5) is 17.3. The second kappa shape index (κ2) is 13.2. The summed E-state index contributed by atoms with van der Waals surface area (Å²) in [5.74, 6) is 1.33. The number of fused-ring (bicyclic) bond motifs is 1.